The molecule has 34 heavy (non-hydrogen) atoms. The number of rotatable bonds is 5. The van der Waals surface area contributed by atoms with Gasteiger partial charge in [0.15, 0.2) is 6.39 Å². The summed E-state index contributed by atoms with van der Waals surface area (Å²) in [4.78, 5) is 34.6. The first kappa shape index (κ1) is 20.2. The molecule has 1 aliphatic rings. The zero-order valence-electron chi connectivity index (χ0n) is 18.4. The fourth-order valence-electron chi connectivity index (χ4n) is 4.26. The van der Waals surface area contributed by atoms with Gasteiger partial charge in [-0.25, -0.2) is 14.9 Å². The first-order valence-electron chi connectivity index (χ1n) is 11.0. The van der Waals surface area contributed by atoms with E-state index >= 15 is 0 Å². The van der Waals surface area contributed by atoms with Crippen LogP contribution >= 0.6 is 0 Å². The molecule has 0 atom stereocenters. The third kappa shape index (κ3) is 3.22. The molecule has 1 fully saturated rings. The van der Waals surface area contributed by atoms with Crippen LogP contribution in [0.15, 0.2) is 69.1 Å². The summed E-state index contributed by atoms with van der Waals surface area (Å²) in [6.45, 7) is 1.98. The van der Waals surface area contributed by atoms with Crippen molar-refractivity contribution in [3.05, 3.63) is 87.3 Å². The number of anilines is 1. The zero-order valence-corrected chi connectivity index (χ0v) is 18.4. The second-order valence-electron chi connectivity index (χ2n) is 8.47. The van der Waals surface area contributed by atoms with Crippen LogP contribution in [0.5, 0.6) is 0 Å². The number of pyridine rings is 1. The Morgan fingerprint density at radius 1 is 1.15 bits per heavy atom. The second kappa shape index (κ2) is 7.55. The number of aryl methyl sites for hydroxylation is 1. The van der Waals surface area contributed by atoms with Gasteiger partial charge in [0.2, 0.25) is 5.65 Å². The number of nitrogens with two attached hydrogens (primary N) is 1. The lowest BCUT2D eigenvalue weighted by molar-refractivity contribution is -0.516. The Bertz CT molecular complexity index is 1660. The van der Waals surface area contributed by atoms with Gasteiger partial charge in [0.05, 0.1) is 5.56 Å². The Kier molecular flexibility index (Phi) is 4.47. The van der Waals surface area contributed by atoms with E-state index < -0.39 is 0 Å². The molecule has 4 aromatic heterocycles. The molecule has 10 nitrogen and oxygen atoms in total. The third-order valence-corrected chi connectivity index (χ3v) is 6.18. The quantitative estimate of drug-likeness (QED) is 0.390. The number of nitrogens with one attached hydrogen (secondary N) is 1. The monoisotopic (exact) mass is 456 g/mol. The van der Waals surface area contributed by atoms with E-state index in [1.807, 2.05) is 36.5 Å². The summed E-state index contributed by atoms with van der Waals surface area (Å²) in [6.07, 6.45) is 5.14. The highest BCUT2D eigenvalue weighted by Crippen LogP contribution is 2.36. The lowest BCUT2D eigenvalue weighted by atomic mass is 10.0. The Morgan fingerprint density at radius 3 is 2.65 bits per heavy atom. The molecular weight excluding hydrogens is 434 g/mol. The predicted octanol–water partition coefficient (Wildman–Crippen LogP) is 2.07. The van der Waals surface area contributed by atoms with E-state index in [4.69, 9.17) is 10.2 Å². The van der Waals surface area contributed by atoms with Crippen LogP contribution in [-0.4, -0.2) is 24.3 Å². The number of nitrogen functional groups attached to an aromatic ring is 1. The van der Waals surface area contributed by atoms with Gasteiger partial charge in [-0.2, -0.15) is 4.68 Å². The summed E-state index contributed by atoms with van der Waals surface area (Å²) in [5, 5.41) is 3.20. The molecular formula is C24H22N7O3+. The second-order valence-corrected chi connectivity index (χ2v) is 8.47. The van der Waals surface area contributed by atoms with Crippen LogP contribution < -0.4 is 21.4 Å². The van der Waals surface area contributed by atoms with Gasteiger partial charge < -0.3 is 14.7 Å². The number of benzene rings is 1. The molecule has 1 aliphatic carbocycles. The molecule has 5 aromatic rings. The van der Waals surface area contributed by atoms with Crippen molar-refractivity contribution in [2.75, 3.05) is 5.73 Å². The number of H-pyrrole nitrogens is 1. The van der Waals surface area contributed by atoms with Crippen molar-refractivity contribution in [2.45, 2.75) is 32.4 Å². The SMILES string of the molecule is Cc1ocnc1Cn1[nH]c2c(-c3ccc(=O)n(C4CC4)c3)c(-c3ccccc3)nc(N)[n+]2c1=O. The average Bonchev–Trinajstić information content (AvgIpc) is 3.53. The summed E-state index contributed by atoms with van der Waals surface area (Å²) in [6, 6.07) is 13.2. The minimum Gasteiger partial charge on any atom is -0.448 e. The molecule has 0 bridgehead atoms. The topological polar surface area (TPSA) is 129 Å². The van der Waals surface area contributed by atoms with Gasteiger partial charge in [0, 0.05) is 29.4 Å². The van der Waals surface area contributed by atoms with E-state index in [1.165, 1.54) is 15.5 Å². The van der Waals surface area contributed by atoms with Crippen molar-refractivity contribution >= 4 is 11.6 Å². The first-order chi connectivity index (χ1) is 16.5. The van der Waals surface area contributed by atoms with E-state index in [9.17, 15) is 9.59 Å². The highest BCUT2D eigenvalue weighted by atomic mass is 16.3. The summed E-state index contributed by atoms with van der Waals surface area (Å²) in [5.74, 6) is 0.688. The largest absolute Gasteiger partial charge is 0.448 e. The lowest BCUT2D eigenvalue weighted by Crippen LogP contribution is -2.44. The standard InChI is InChI=1S/C24H21N7O3/c1-14-18(26-13-34-14)12-30-24(33)31-22(28-30)20(16-7-10-19(32)29(11-16)17-8-9-17)21(27-23(31)25)15-5-3-2-4-6-15/h2-7,10-11,13,17H,8-9,12H2,1H3,(H2,25,27,28)/p+1. The molecule has 10 heteroatoms. The van der Waals surface area contributed by atoms with Crippen LogP contribution in [0.25, 0.3) is 28.0 Å². The Morgan fingerprint density at radius 2 is 1.94 bits per heavy atom. The van der Waals surface area contributed by atoms with Gasteiger partial charge in [-0.1, -0.05) is 30.3 Å². The van der Waals surface area contributed by atoms with Gasteiger partial charge in [-0.05, 0) is 25.8 Å². The van der Waals surface area contributed by atoms with E-state index in [1.54, 1.807) is 23.6 Å². The van der Waals surface area contributed by atoms with E-state index in [-0.39, 0.29) is 29.8 Å². The van der Waals surface area contributed by atoms with Gasteiger partial charge in [-0.15, -0.1) is 9.38 Å². The maximum atomic E-state index is 13.3. The maximum Gasteiger partial charge on any atom is 0.428 e. The van der Waals surface area contributed by atoms with Gasteiger partial charge in [0.25, 0.3) is 5.56 Å². The van der Waals surface area contributed by atoms with Crippen molar-refractivity contribution in [1.82, 2.24) is 24.3 Å². The zero-order chi connectivity index (χ0) is 23.4. The minimum absolute atomic E-state index is 0.0487. The number of aromatic nitrogens is 6. The number of hydrogen-bond acceptors (Lipinski definition) is 6. The molecule has 4 heterocycles. The molecule has 0 spiro atoms. The highest BCUT2D eigenvalue weighted by Gasteiger charge is 2.29. The van der Waals surface area contributed by atoms with Crippen molar-refractivity contribution in [2.24, 2.45) is 0 Å². The molecule has 0 amide bonds. The number of hydrogen-bond donors (Lipinski definition) is 2. The smallest absolute Gasteiger partial charge is 0.428 e. The summed E-state index contributed by atoms with van der Waals surface area (Å²) in [7, 11) is 0. The molecule has 0 radical (unpaired) electrons. The Hall–Kier alpha value is -4.47. The molecule has 6 rings (SSSR count). The molecule has 170 valence electrons. The van der Waals surface area contributed by atoms with Crippen molar-refractivity contribution in [3.63, 3.8) is 0 Å². The summed E-state index contributed by atoms with van der Waals surface area (Å²) < 4.78 is 9.81. The molecule has 0 unspecified atom stereocenters. The van der Waals surface area contributed by atoms with Crippen LogP contribution in [-0.2, 0) is 6.54 Å². The number of nitrogens with zero attached hydrogens (tertiary/aromatic N) is 5. The van der Waals surface area contributed by atoms with Crippen LogP contribution in [0.1, 0.15) is 30.3 Å². The van der Waals surface area contributed by atoms with E-state index in [0.29, 0.717) is 28.4 Å². The summed E-state index contributed by atoms with van der Waals surface area (Å²) >= 11 is 0. The fourth-order valence-corrected chi connectivity index (χ4v) is 4.26. The number of oxazole rings is 1. The molecule has 0 saturated heterocycles. The van der Waals surface area contributed by atoms with Gasteiger partial charge >= 0.3 is 11.6 Å². The van der Waals surface area contributed by atoms with Crippen LogP contribution in [0, 0.1) is 6.92 Å². The third-order valence-electron chi connectivity index (χ3n) is 6.18. The van der Waals surface area contributed by atoms with Crippen LogP contribution in [0.4, 0.5) is 5.95 Å². The number of fused-ring (bicyclic) bond motifs is 1. The lowest BCUT2D eigenvalue weighted by Gasteiger charge is -2.11. The first-order valence-corrected chi connectivity index (χ1v) is 11.0. The van der Waals surface area contributed by atoms with Gasteiger partial charge in [-0.3, -0.25) is 4.79 Å². The van der Waals surface area contributed by atoms with Crippen molar-refractivity contribution in [1.29, 1.82) is 0 Å². The maximum absolute atomic E-state index is 13.3. The molecule has 1 aromatic carbocycles. The number of aromatic amines is 1. The summed E-state index contributed by atoms with van der Waals surface area (Å²) in [5.41, 5.74) is 9.90. The minimum atomic E-state index is -0.376. The van der Waals surface area contributed by atoms with Crippen LogP contribution in [0.2, 0.25) is 0 Å². The average molecular weight is 456 g/mol. The normalized spacial score (nSPS) is 13.6. The highest BCUT2D eigenvalue weighted by molar-refractivity contribution is 5.88. The Labute approximate surface area is 192 Å². The van der Waals surface area contributed by atoms with Crippen molar-refractivity contribution in [3.8, 4) is 22.4 Å². The van der Waals surface area contributed by atoms with E-state index in [2.05, 4.69) is 15.1 Å². The predicted molar refractivity (Wildman–Crippen MR) is 124 cm³/mol. The van der Waals surface area contributed by atoms with Gasteiger partial charge in [0.1, 0.15) is 23.7 Å². The van der Waals surface area contributed by atoms with E-state index in [0.717, 1.165) is 24.0 Å². The molecule has 0 aliphatic heterocycles. The molecule has 3 N–H and O–H groups in total. The fraction of sp³-hybridized carbons (Fsp3) is 0.208. The molecule has 1 saturated carbocycles. The Balaban J connectivity index is 1.65. The van der Waals surface area contributed by atoms with Crippen LogP contribution in [0.3, 0.4) is 0 Å². The van der Waals surface area contributed by atoms with Crippen molar-refractivity contribution < 1.29 is 8.82 Å².